The van der Waals surface area contributed by atoms with Crippen LogP contribution in [0.1, 0.15) is 37.0 Å². The molecular weight excluding hydrogens is 320 g/mol. The van der Waals surface area contributed by atoms with Crippen LogP contribution < -0.4 is 5.32 Å². The summed E-state index contributed by atoms with van der Waals surface area (Å²) in [5.74, 6) is -0.0786. The first-order chi connectivity index (χ1) is 9.56. The molecule has 0 bridgehead atoms. The molecule has 0 saturated heterocycles. The number of hydrogen-bond donors (Lipinski definition) is 1. The quantitative estimate of drug-likeness (QED) is 0.829. The average Bonchev–Trinajstić information content (AvgIpc) is 2.42. The van der Waals surface area contributed by atoms with Crippen LogP contribution in [0.4, 0.5) is 0 Å². The van der Waals surface area contributed by atoms with Crippen molar-refractivity contribution >= 4 is 27.7 Å². The summed E-state index contributed by atoms with van der Waals surface area (Å²) in [5.41, 5.74) is 0.607. The molecule has 2 amide bonds. The molecule has 1 aromatic rings. The normalized spacial score (nSPS) is 10.2. The van der Waals surface area contributed by atoms with Crippen LogP contribution in [0.3, 0.4) is 0 Å². The molecule has 4 nitrogen and oxygen atoms in total. The molecule has 1 aromatic carbocycles. The molecule has 0 aliphatic carbocycles. The van der Waals surface area contributed by atoms with E-state index in [1.54, 1.807) is 17.9 Å². The predicted molar refractivity (Wildman–Crippen MR) is 83.6 cm³/mol. The van der Waals surface area contributed by atoms with Crippen molar-refractivity contribution in [2.45, 2.75) is 26.7 Å². The van der Waals surface area contributed by atoms with Gasteiger partial charge in [0.15, 0.2) is 0 Å². The summed E-state index contributed by atoms with van der Waals surface area (Å²) >= 11 is 3.35. The molecule has 0 aliphatic rings. The lowest BCUT2D eigenvalue weighted by molar-refractivity contribution is -0.128. The molecule has 5 heteroatoms. The van der Waals surface area contributed by atoms with Crippen molar-refractivity contribution < 1.29 is 9.59 Å². The van der Waals surface area contributed by atoms with E-state index in [-0.39, 0.29) is 11.8 Å². The number of rotatable bonds is 7. The first kappa shape index (κ1) is 16.7. The van der Waals surface area contributed by atoms with E-state index in [1.165, 1.54) is 0 Å². The lowest BCUT2D eigenvalue weighted by Crippen LogP contribution is -2.38. The molecule has 110 valence electrons. The molecular formula is C15H21BrN2O2. The Balaban J connectivity index is 2.44. The van der Waals surface area contributed by atoms with E-state index in [4.69, 9.17) is 0 Å². The zero-order valence-electron chi connectivity index (χ0n) is 12.0. The number of nitrogens with one attached hydrogen (secondary N) is 1. The van der Waals surface area contributed by atoms with Gasteiger partial charge in [-0.25, -0.2) is 0 Å². The molecule has 1 N–H and O–H groups in total. The standard InChI is InChI=1S/C15H21BrN2O2/c1-3-4-10-18(12(2)19)11-9-17-15(20)13-7-5-6-8-14(13)16/h5-8H,3-4,9-11H2,1-2H3,(H,17,20). The molecule has 0 saturated carbocycles. The molecule has 0 radical (unpaired) electrons. The van der Waals surface area contributed by atoms with E-state index in [1.807, 2.05) is 18.2 Å². The van der Waals surface area contributed by atoms with Gasteiger partial charge in [0, 0.05) is 31.0 Å². The Morgan fingerprint density at radius 1 is 1.25 bits per heavy atom. The molecule has 0 spiro atoms. The van der Waals surface area contributed by atoms with Crippen LogP contribution in [-0.4, -0.2) is 36.3 Å². The van der Waals surface area contributed by atoms with Gasteiger partial charge in [-0.15, -0.1) is 0 Å². The van der Waals surface area contributed by atoms with Gasteiger partial charge in [-0.2, -0.15) is 0 Å². The molecule has 0 fully saturated rings. The molecule has 0 unspecified atom stereocenters. The largest absolute Gasteiger partial charge is 0.350 e. The molecule has 0 heterocycles. The number of carbonyl (C=O) groups is 2. The van der Waals surface area contributed by atoms with Crippen LogP contribution in [0.15, 0.2) is 28.7 Å². The summed E-state index contributed by atoms with van der Waals surface area (Å²) in [5, 5.41) is 2.84. The van der Waals surface area contributed by atoms with E-state index in [9.17, 15) is 9.59 Å². The average molecular weight is 341 g/mol. The van der Waals surface area contributed by atoms with Gasteiger partial charge in [-0.05, 0) is 34.5 Å². The van der Waals surface area contributed by atoms with Crippen LogP contribution >= 0.6 is 15.9 Å². The predicted octanol–water partition coefficient (Wildman–Crippen LogP) is 2.83. The highest BCUT2D eigenvalue weighted by Crippen LogP contribution is 2.15. The Bertz CT molecular complexity index is 463. The second-order valence-electron chi connectivity index (χ2n) is 4.60. The van der Waals surface area contributed by atoms with Crippen molar-refractivity contribution in [3.63, 3.8) is 0 Å². The smallest absolute Gasteiger partial charge is 0.252 e. The van der Waals surface area contributed by atoms with Crippen molar-refractivity contribution in [2.24, 2.45) is 0 Å². The number of unbranched alkanes of at least 4 members (excludes halogenated alkanes) is 1. The van der Waals surface area contributed by atoms with Crippen molar-refractivity contribution in [2.75, 3.05) is 19.6 Å². The fraction of sp³-hybridized carbons (Fsp3) is 0.467. The first-order valence-electron chi connectivity index (χ1n) is 6.84. The molecule has 0 atom stereocenters. The van der Waals surface area contributed by atoms with Crippen molar-refractivity contribution in [1.29, 1.82) is 0 Å². The summed E-state index contributed by atoms with van der Waals surface area (Å²) in [4.78, 5) is 25.2. The van der Waals surface area contributed by atoms with Crippen LogP contribution in [0, 0.1) is 0 Å². The maximum Gasteiger partial charge on any atom is 0.252 e. The minimum Gasteiger partial charge on any atom is -0.350 e. The Kier molecular flexibility index (Phi) is 7.30. The Labute approximate surface area is 128 Å². The van der Waals surface area contributed by atoms with Gasteiger partial charge in [-0.1, -0.05) is 25.5 Å². The Hall–Kier alpha value is -1.36. The van der Waals surface area contributed by atoms with Crippen molar-refractivity contribution in [1.82, 2.24) is 10.2 Å². The van der Waals surface area contributed by atoms with Crippen molar-refractivity contribution in [3.05, 3.63) is 34.3 Å². The number of nitrogens with zero attached hydrogens (tertiary/aromatic N) is 1. The second-order valence-corrected chi connectivity index (χ2v) is 5.45. The van der Waals surface area contributed by atoms with E-state index < -0.39 is 0 Å². The maximum absolute atomic E-state index is 12.0. The van der Waals surface area contributed by atoms with Gasteiger partial charge >= 0.3 is 0 Å². The van der Waals surface area contributed by atoms with E-state index >= 15 is 0 Å². The summed E-state index contributed by atoms with van der Waals surface area (Å²) in [6.07, 6.45) is 2.03. The highest BCUT2D eigenvalue weighted by molar-refractivity contribution is 9.10. The highest BCUT2D eigenvalue weighted by Gasteiger charge is 2.11. The SMILES string of the molecule is CCCCN(CCNC(=O)c1ccccc1Br)C(C)=O. The fourth-order valence-electron chi connectivity index (χ4n) is 1.82. The van der Waals surface area contributed by atoms with Crippen LogP contribution in [-0.2, 0) is 4.79 Å². The first-order valence-corrected chi connectivity index (χ1v) is 7.63. The lowest BCUT2D eigenvalue weighted by Gasteiger charge is -2.21. The summed E-state index contributed by atoms with van der Waals surface area (Å²) in [7, 11) is 0. The number of amides is 2. The number of halogens is 1. The minimum absolute atomic E-state index is 0.0496. The summed E-state index contributed by atoms with van der Waals surface area (Å²) in [6, 6.07) is 7.28. The second kappa shape index (κ2) is 8.74. The van der Waals surface area contributed by atoms with Gasteiger partial charge in [0.1, 0.15) is 0 Å². The number of carbonyl (C=O) groups excluding carboxylic acids is 2. The van der Waals surface area contributed by atoms with Gasteiger partial charge < -0.3 is 10.2 Å². The zero-order chi connectivity index (χ0) is 15.0. The zero-order valence-corrected chi connectivity index (χ0v) is 13.6. The monoisotopic (exact) mass is 340 g/mol. The van der Waals surface area contributed by atoms with Gasteiger partial charge in [0.05, 0.1) is 5.56 Å². The van der Waals surface area contributed by atoms with E-state index in [0.717, 1.165) is 23.9 Å². The van der Waals surface area contributed by atoms with Gasteiger partial charge in [0.25, 0.3) is 5.91 Å². The number of hydrogen-bond acceptors (Lipinski definition) is 2. The van der Waals surface area contributed by atoms with E-state index in [0.29, 0.717) is 18.7 Å². The lowest BCUT2D eigenvalue weighted by atomic mass is 10.2. The highest BCUT2D eigenvalue weighted by atomic mass is 79.9. The van der Waals surface area contributed by atoms with Crippen LogP contribution in [0.5, 0.6) is 0 Å². The third-order valence-electron chi connectivity index (χ3n) is 3.01. The molecule has 1 rings (SSSR count). The van der Waals surface area contributed by atoms with Gasteiger partial charge in [-0.3, -0.25) is 9.59 Å². The molecule has 0 aliphatic heterocycles. The van der Waals surface area contributed by atoms with Crippen LogP contribution in [0.25, 0.3) is 0 Å². The maximum atomic E-state index is 12.0. The number of benzene rings is 1. The van der Waals surface area contributed by atoms with Crippen molar-refractivity contribution in [3.8, 4) is 0 Å². The summed E-state index contributed by atoms with van der Waals surface area (Å²) in [6.45, 7) is 5.41. The molecule has 20 heavy (non-hydrogen) atoms. The van der Waals surface area contributed by atoms with Crippen LogP contribution in [0.2, 0.25) is 0 Å². The Morgan fingerprint density at radius 2 is 1.95 bits per heavy atom. The third-order valence-corrected chi connectivity index (χ3v) is 3.70. The van der Waals surface area contributed by atoms with Gasteiger partial charge in [0.2, 0.25) is 5.91 Å². The Morgan fingerprint density at radius 3 is 2.55 bits per heavy atom. The van der Waals surface area contributed by atoms with E-state index in [2.05, 4.69) is 28.2 Å². The summed E-state index contributed by atoms with van der Waals surface area (Å²) < 4.78 is 0.770. The minimum atomic E-state index is -0.128. The topological polar surface area (TPSA) is 49.4 Å². The third kappa shape index (κ3) is 5.33. The fourth-order valence-corrected chi connectivity index (χ4v) is 2.29. The molecule has 0 aromatic heterocycles.